The zero-order valence-electron chi connectivity index (χ0n) is 11.6. The van der Waals surface area contributed by atoms with Crippen molar-refractivity contribution in [2.24, 2.45) is 0 Å². The van der Waals surface area contributed by atoms with Gasteiger partial charge < -0.3 is 5.32 Å². The molecular formula is C18H16FNS. The van der Waals surface area contributed by atoms with Crippen molar-refractivity contribution in [3.05, 3.63) is 72.5 Å². The standard InChI is InChI=1S/C18H16FNS/c19-16-6-3-7-17(13-16)20-10-11-21-18-9-8-14-4-1-2-5-15(14)12-18/h1-9,12-13,20H,10-11H2. The Hall–Kier alpha value is -2.00. The molecule has 106 valence electrons. The summed E-state index contributed by atoms with van der Waals surface area (Å²) in [5, 5.41) is 5.76. The van der Waals surface area contributed by atoms with Crippen molar-refractivity contribution in [1.82, 2.24) is 0 Å². The Morgan fingerprint density at radius 2 is 1.71 bits per heavy atom. The Bertz CT molecular complexity index is 742. The summed E-state index contributed by atoms with van der Waals surface area (Å²) in [5.74, 6) is 0.733. The van der Waals surface area contributed by atoms with Crippen molar-refractivity contribution in [2.75, 3.05) is 17.6 Å². The number of anilines is 1. The molecule has 0 aliphatic heterocycles. The van der Waals surface area contributed by atoms with Gasteiger partial charge in [0.15, 0.2) is 0 Å². The number of halogens is 1. The predicted molar refractivity (Wildman–Crippen MR) is 89.6 cm³/mol. The number of rotatable bonds is 5. The van der Waals surface area contributed by atoms with Gasteiger partial charge in [-0.1, -0.05) is 36.4 Å². The fourth-order valence-electron chi connectivity index (χ4n) is 2.22. The highest BCUT2D eigenvalue weighted by molar-refractivity contribution is 7.99. The lowest BCUT2D eigenvalue weighted by Crippen LogP contribution is -2.03. The molecule has 0 bridgehead atoms. The topological polar surface area (TPSA) is 12.0 Å². The molecule has 3 aromatic carbocycles. The third kappa shape index (κ3) is 3.76. The van der Waals surface area contributed by atoms with Gasteiger partial charge in [-0.25, -0.2) is 4.39 Å². The maximum atomic E-state index is 13.0. The molecule has 21 heavy (non-hydrogen) atoms. The van der Waals surface area contributed by atoms with Gasteiger partial charge >= 0.3 is 0 Å². The lowest BCUT2D eigenvalue weighted by atomic mass is 10.1. The van der Waals surface area contributed by atoms with Crippen LogP contribution >= 0.6 is 11.8 Å². The van der Waals surface area contributed by atoms with E-state index < -0.39 is 0 Å². The normalized spacial score (nSPS) is 10.7. The first-order valence-electron chi connectivity index (χ1n) is 6.92. The maximum Gasteiger partial charge on any atom is 0.125 e. The van der Waals surface area contributed by atoms with E-state index in [1.165, 1.54) is 27.8 Å². The van der Waals surface area contributed by atoms with E-state index in [2.05, 4.69) is 47.8 Å². The largest absolute Gasteiger partial charge is 0.384 e. The van der Waals surface area contributed by atoms with Gasteiger partial charge in [-0.2, -0.15) is 0 Å². The van der Waals surface area contributed by atoms with Gasteiger partial charge in [0, 0.05) is 22.9 Å². The zero-order valence-corrected chi connectivity index (χ0v) is 12.4. The number of thioether (sulfide) groups is 1. The van der Waals surface area contributed by atoms with E-state index in [1.54, 1.807) is 17.8 Å². The molecule has 0 unspecified atom stereocenters. The maximum absolute atomic E-state index is 13.0. The van der Waals surface area contributed by atoms with E-state index in [4.69, 9.17) is 0 Å². The van der Waals surface area contributed by atoms with E-state index in [9.17, 15) is 4.39 Å². The zero-order chi connectivity index (χ0) is 14.5. The molecule has 0 fully saturated rings. The molecule has 3 rings (SSSR count). The minimum Gasteiger partial charge on any atom is -0.384 e. The number of hydrogen-bond donors (Lipinski definition) is 1. The summed E-state index contributed by atoms with van der Waals surface area (Å²) in [5.41, 5.74) is 0.828. The summed E-state index contributed by atoms with van der Waals surface area (Å²) < 4.78 is 13.0. The van der Waals surface area contributed by atoms with Crippen LogP contribution in [-0.4, -0.2) is 12.3 Å². The van der Waals surface area contributed by atoms with Crippen LogP contribution in [0.3, 0.4) is 0 Å². The molecule has 0 radical (unpaired) electrons. The summed E-state index contributed by atoms with van der Waals surface area (Å²) in [6, 6.07) is 21.4. The predicted octanol–water partition coefficient (Wildman–Crippen LogP) is 5.18. The molecule has 0 amide bonds. The highest BCUT2D eigenvalue weighted by Crippen LogP contribution is 2.23. The molecular weight excluding hydrogens is 281 g/mol. The monoisotopic (exact) mass is 297 g/mol. The van der Waals surface area contributed by atoms with Crippen LogP contribution in [0.25, 0.3) is 10.8 Å². The first-order valence-corrected chi connectivity index (χ1v) is 7.91. The Labute approximate surface area is 128 Å². The lowest BCUT2D eigenvalue weighted by molar-refractivity contribution is 0.628. The summed E-state index contributed by atoms with van der Waals surface area (Å²) in [4.78, 5) is 1.26. The molecule has 0 saturated heterocycles. The Morgan fingerprint density at radius 1 is 0.857 bits per heavy atom. The molecule has 3 aromatic rings. The van der Waals surface area contributed by atoms with Crippen LogP contribution in [0.2, 0.25) is 0 Å². The van der Waals surface area contributed by atoms with Crippen LogP contribution in [0.4, 0.5) is 10.1 Å². The van der Waals surface area contributed by atoms with E-state index >= 15 is 0 Å². The van der Waals surface area contributed by atoms with Crippen LogP contribution in [0, 0.1) is 5.82 Å². The van der Waals surface area contributed by atoms with Crippen molar-refractivity contribution in [3.63, 3.8) is 0 Å². The molecule has 3 heteroatoms. The van der Waals surface area contributed by atoms with Gasteiger partial charge in [-0.15, -0.1) is 11.8 Å². The third-order valence-electron chi connectivity index (χ3n) is 3.25. The van der Waals surface area contributed by atoms with Crippen molar-refractivity contribution < 1.29 is 4.39 Å². The second-order valence-electron chi connectivity index (χ2n) is 4.79. The second kappa shape index (κ2) is 6.64. The smallest absolute Gasteiger partial charge is 0.125 e. The van der Waals surface area contributed by atoms with Gasteiger partial charge in [-0.3, -0.25) is 0 Å². The molecule has 0 aliphatic carbocycles. The third-order valence-corrected chi connectivity index (χ3v) is 4.24. The van der Waals surface area contributed by atoms with Crippen molar-refractivity contribution in [1.29, 1.82) is 0 Å². The average Bonchev–Trinajstić information content (AvgIpc) is 2.51. The second-order valence-corrected chi connectivity index (χ2v) is 5.96. The van der Waals surface area contributed by atoms with Crippen LogP contribution in [0.1, 0.15) is 0 Å². The Balaban J connectivity index is 1.54. The van der Waals surface area contributed by atoms with Crippen LogP contribution in [0.5, 0.6) is 0 Å². The number of hydrogen-bond acceptors (Lipinski definition) is 2. The molecule has 1 nitrogen and oxygen atoms in total. The van der Waals surface area contributed by atoms with Crippen molar-refractivity contribution in [2.45, 2.75) is 4.90 Å². The van der Waals surface area contributed by atoms with Gasteiger partial charge in [0.05, 0.1) is 0 Å². The lowest BCUT2D eigenvalue weighted by Gasteiger charge is -2.07. The highest BCUT2D eigenvalue weighted by Gasteiger charge is 1.98. The molecule has 0 aliphatic rings. The van der Waals surface area contributed by atoms with Gasteiger partial charge in [-0.05, 0) is 41.1 Å². The fraction of sp³-hybridized carbons (Fsp3) is 0.111. The Morgan fingerprint density at radius 3 is 2.57 bits per heavy atom. The Kier molecular flexibility index (Phi) is 4.41. The van der Waals surface area contributed by atoms with Gasteiger partial charge in [0.25, 0.3) is 0 Å². The van der Waals surface area contributed by atoms with Crippen LogP contribution < -0.4 is 5.32 Å². The van der Waals surface area contributed by atoms with Crippen LogP contribution in [0.15, 0.2) is 71.6 Å². The molecule has 0 aromatic heterocycles. The quantitative estimate of drug-likeness (QED) is 0.514. The molecule has 0 spiro atoms. The first kappa shape index (κ1) is 14.0. The minimum absolute atomic E-state index is 0.206. The van der Waals surface area contributed by atoms with E-state index in [0.29, 0.717) is 0 Å². The summed E-state index contributed by atoms with van der Waals surface area (Å²) in [6.45, 7) is 0.806. The van der Waals surface area contributed by atoms with Crippen molar-refractivity contribution >= 4 is 28.2 Å². The highest BCUT2D eigenvalue weighted by atomic mass is 32.2. The fourth-order valence-corrected chi connectivity index (χ4v) is 3.03. The van der Waals surface area contributed by atoms with E-state index in [0.717, 1.165) is 18.0 Å². The van der Waals surface area contributed by atoms with Gasteiger partial charge in [0.2, 0.25) is 0 Å². The van der Waals surface area contributed by atoms with Crippen molar-refractivity contribution in [3.8, 4) is 0 Å². The first-order chi connectivity index (χ1) is 10.3. The molecule has 0 saturated carbocycles. The van der Waals surface area contributed by atoms with E-state index in [1.807, 2.05) is 6.07 Å². The van der Waals surface area contributed by atoms with Crippen LogP contribution in [-0.2, 0) is 0 Å². The summed E-state index contributed by atoms with van der Waals surface area (Å²) in [7, 11) is 0. The average molecular weight is 297 g/mol. The summed E-state index contributed by atoms with van der Waals surface area (Å²) in [6.07, 6.45) is 0. The van der Waals surface area contributed by atoms with E-state index in [-0.39, 0.29) is 5.82 Å². The number of benzene rings is 3. The minimum atomic E-state index is -0.206. The molecule has 0 atom stereocenters. The molecule has 0 heterocycles. The number of nitrogens with one attached hydrogen (secondary N) is 1. The van der Waals surface area contributed by atoms with Gasteiger partial charge in [0.1, 0.15) is 5.82 Å². The molecule has 1 N–H and O–H groups in total. The SMILES string of the molecule is Fc1cccc(NCCSc2ccc3ccccc3c2)c1. The summed E-state index contributed by atoms with van der Waals surface area (Å²) >= 11 is 1.80. The number of fused-ring (bicyclic) bond motifs is 1.